The number of hydrogen-bond donors (Lipinski definition) is 1. The third kappa shape index (κ3) is 3.92. The quantitative estimate of drug-likeness (QED) is 0.725. The summed E-state index contributed by atoms with van der Waals surface area (Å²) in [7, 11) is 0. The molecule has 0 amide bonds. The van der Waals surface area contributed by atoms with Crippen LogP contribution in [0.15, 0.2) is 24.3 Å². The molecular weight excluding hydrogens is 184 g/mol. The Labute approximate surface area is 93.1 Å². The molecule has 0 unspecified atom stereocenters. The molecule has 2 N–H and O–H groups in total. The second-order valence-corrected chi connectivity index (χ2v) is 3.91. The van der Waals surface area contributed by atoms with Gasteiger partial charge in [-0.3, -0.25) is 0 Å². The largest absolute Gasteiger partial charge is 0.372 e. The van der Waals surface area contributed by atoms with Crippen LogP contribution in [-0.4, -0.2) is 19.6 Å². The summed E-state index contributed by atoms with van der Waals surface area (Å²) in [4.78, 5) is 2.41. The van der Waals surface area contributed by atoms with Crippen molar-refractivity contribution in [2.75, 3.05) is 24.5 Å². The fraction of sp³-hybridized carbons (Fsp3) is 0.538. The summed E-state index contributed by atoms with van der Waals surface area (Å²) >= 11 is 0. The Morgan fingerprint density at radius 1 is 1.27 bits per heavy atom. The molecule has 84 valence electrons. The average Bonchev–Trinajstić information content (AvgIpc) is 2.24. The summed E-state index contributed by atoms with van der Waals surface area (Å²) in [6.45, 7) is 7.30. The maximum Gasteiger partial charge on any atom is 0.0368 e. The van der Waals surface area contributed by atoms with Crippen LogP contribution in [0.3, 0.4) is 0 Å². The molecule has 0 radical (unpaired) electrons. The molecule has 2 nitrogen and oxygen atoms in total. The van der Waals surface area contributed by atoms with Crippen LogP contribution in [0.1, 0.15) is 25.3 Å². The fourth-order valence-corrected chi connectivity index (χ4v) is 1.74. The van der Waals surface area contributed by atoms with Gasteiger partial charge in [-0.2, -0.15) is 0 Å². The molecule has 0 aliphatic rings. The minimum Gasteiger partial charge on any atom is -0.372 e. The summed E-state index contributed by atoms with van der Waals surface area (Å²) in [5, 5.41) is 0. The Morgan fingerprint density at radius 3 is 2.67 bits per heavy atom. The van der Waals surface area contributed by atoms with Crippen molar-refractivity contribution in [3.05, 3.63) is 29.8 Å². The molecule has 0 aromatic heterocycles. The zero-order valence-electron chi connectivity index (χ0n) is 9.87. The molecule has 0 aliphatic carbocycles. The van der Waals surface area contributed by atoms with Gasteiger partial charge >= 0.3 is 0 Å². The van der Waals surface area contributed by atoms with Crippen LogP contribution in [0, 0.1) is 6.92 Å². The smallest absolute Gasteiger partial charge is 0.0368 e. The van der Waals surface area contributed by atoms with E-state index < -0.39 is 0 Å². The minimum atomic E-state index is 0.797. The highest BCUT2D eigenvalue weighted by Gasteiger charge is 2.02. The fourth-order valence-electron chi connectivity index (χ4n) is 1.74. The summed E-state index contributed by atoms with van der Waals surface area (Å²) in [5.41, 5.74) is 8.15. The van der Waals surface area contributed by atoms with Crippen LogP contribution >= 0.6 is 0 Å². The monoisotopic (exact) mass is 206 g/mol. The topological polar surface area (TPSA) is 29.3 Å². The lowest BCUT2D eigenvalue weighted by Crippen LogP contribution is -2.24. The van der Waals surface area contributed by atoms with Crippen LogP contribution in [0.2, 0.25) is 0 Å². The molecule has 1 rings (SSSR count). The normalized spacial score (nSPS) is 10.3. The van der Waals surface area contributed by atoms with Crippen LogP contribution in [0.25, 0.3) is 0 Å². The average molecular weight is 206 g/mol. The standard InChI is InChI=1S/C13H22N2/c1-3-15(10-5-4-9-14)13-8-6-7-12(2)11-13/h6-8,11H,3-5,9-10,14H2,1-2H3. The highest BCUT2D eigenvalue weighted by atomic mass is 15.1. The van der Waals surface area contributed by atoms with E-state index in [-0.39, 0.29) is 0 Å². The number of hydrogen-bond acceptors (Lipinski definition) is 2. The van der Waals surface area contributed by atoms with Gasteiger partial charge in [-0.15, -0.1) is 0 Å². The highest BCUT2D eigenvalue weighted by Crippen LogP contribution is 2.15. The number of anilines is 1. The zero-order chi connectivity index (χ0) is 11.1. The molecule has 0 fully saturated rings. The van der Waals surface area contributed by atoms with E-state index in [2.05, 4.69) is 43.0 Å². The van der Waals surface area contributed by atoms with Crippen molar-refractivity contribution in [3.8, 4) is 0 Å². The molecule has 0 saturated carbocycles. The summed E-state index contributed by atoms with van der Waals surface area (Å²) in [6.07, 6.45) is 2.29. The molecule has 0 heterocycles. The maximum atomic E-state index is 5.50. The van der Waals surface area contributed by atoms with E-state index in [9.17, 15) is 0 Å². The van der Waals surface area contributed by atoms with E-state index in [4.69, 9.17) is 5.73 Å². The van der Waals surface area contributed by atoms with E-state index in [0.29, 0.717) is 0 Å². The van der Waals surface area contributed by atoms with Gasteiger partial charge < -0.3 is 10.6 Å². The molecule has 15 heavy (non-hydrogen) atoms. The van der Waals surface area contributed by atoms with Gasteiger partial charge in [-0.1, -0.05) is 12.1 Å². The molecular formula is C13H22N2. The van der Waals surface area contributed by atoms with Crippen molar-refractivity contribution in [1.82, 2.24) is 0 Å². The zero-order valence-corrected chi connectivity index (χ0v) is 9.87. The molecule has 0 aliphatic heterocycles. The van der Waals surface area contributed by atoms with Gasteiger partial charge in [0.1, 0.15) is 0 Å². The predicted molar refractivity (Wildman–Crippen MR) is 67.4 cm³/mol. The molecule has 1 aromatic rings. The number of rotatable bonds is 6. The third-order valence-corrected chi connectivity index (χ3v) is 2.63. The van der Waals surface area contributed by atoms with Crippen molar-refractivity contribution < 1.29 is 0 Å². The predicted octanol–water partition coefficient (Wildman–Crippen LogP) is 2.56. The lowest BCUT2D eigenvalue weighted by atomic mass is 10.2. The van der Waals surface area contributed by atoms with E-state index in [1.807, 2.05) is 0 Å². The van der Waals surface area contributed by atoms with E-state index in [0.717, 1.165) is 26.1 Å². The highest BCUT2D eigenvalue weighted by molar-refractivity contribution is 5.48. The van der Waals surface area contributed by atoms with Crippen molar-refractivity contribution in [2.24, 2.45) is 5.73 Å². The molecule has 0 spiro atoms. The Hall–Kier alpha value is -1.02. The summed E-state index contributed by atoms with van der Waals surface area (Å²) in [5.74, 6) is 0. The Kier molecular flexibility index (Phi) is 5.19. The van der Waals surface area contributed by atoms with Gasteiger partial charge in [0.15, 0.2) is 0 Å². The van der Waals surface area contributed by atoms with E-state index >= 15 is 0 Å². The minimum absolute atomic E-state index is 0.797. The van der Waals surface area contributed by atoms with E-state index in [1.165, 1.54) is 17.7 Å². The lowest BCUT2D eigenvalue weighted by Gasteiger charge is -2.23. The molecule has 1 aromatic carbocycles. The van der Waals surface area contributed by atoms with Crippen molar-refractivity contribution in [3.63, 3.8) is 0 Å². The number of benzene rings is 1. The van der Waals surface area contributed by atoms with Gasteiger partial charge in [-0.25, -0.2) is 0 Å². The van der Waals surface area contributed by atoms with E-state index in [1.54, 1.807) is 0 Å². The van der Waals surface area contributed by atoms with Crippen molar-refractivity contribution in [1.29, 1.82) is 0 Å². The van der Waals surface area contributed by atoms with Gasteiger partial charge in [0, 0.05) is 18.8 Å². The lowest BCUT2D eigenvalue weighted by molar-refractivity contribution is 0.704. The third-order valence-electron chi connectivity index (χ3n) is 2.63. The Balaban J connectivity index is 2.57. The van der Waals surface area contributed by atoms with Crippen LogP contribution in [0.5, 0.6) is 0 Å². The van der Waals surface area contributed by atoms with Crippen LogP contribution in [-0.2, 0) is 0 Å². The van der Waals surface area contributed by atoms with Crippen LogP contribution < -0.4 is 10.6 Å². The number of unbranched alkanes of at least 4 members (excludes halogenated alkanes) is 1. The van der Waals surface area contributed by atoms with Crippen molar-refractivity contribution >= 4 is 5.69 Å². The number of aryl methyl sites for hydroxylation is 1. The summed E-state index contributed by atoms with van der Waals surface area (Å²) in [6, 6.07) is 8.68. The van der Waals surface area contributed by atoms with Gasteiger partial charge in [0.2, 0.25) is 0 Å². The molecule has 2 heteroatoms. The first-order valence-corrected chi connectivity index (χ1v) is 5.79. The first-order chi connectivity index (χ1) is 7.27. The van der Waals surface area contributed by atoms with Crippen LogP contribution in [0.4, 0.5) is 5.69 Å². The summed E-state index contributed by atoms with van der Waals surface area (Å²) < 4.78 is 0. The van der Waals surface area contributed by atoms with Gasteiger partial charge in [0.05, 0.1) is 0 Å². The number of nitrogens with zero attached hydrogens (tertiary/aromatic N) is 1. The number of nitrogens with two attached hydrogens (primary N) is 1. The second kappa shape index (κ2) is 6.46. The first-order valence-electron chi connectivity index (χ1n) is 5.79. The Bertz CT molecular complexity index is 284. The first kappa shape index (κ1) is 12.1. The molecule has 0 bridgehead atoms. The second-order valence-electron chi connectivity index (χ2n) is 3.91. The Morgan fingerprint density at radius 2 is 2.07 bits per heavy atom. The SMILES string of the molecule is CCN(CCCCN)c1cccc(C)c1. The molecule has 0 atom stereocenters. The van der Waals surface area contributed by atoms with Gasteiger partial charge in [0.25, 0.3) is 0 Å². The maximum absolute atomic E-state index is 5.50. The van der Waals surface area contributed by atoms with Crippen molar-refractivity contribution in [2.45, 2.75) is 26.7 Å². The molecule has 0 saturated heterocycles. The van der Waals surface area contributed by atoms with Gasteiger partial charge in [-0.05, 0) is 50.9 Å².